The van der Waals surface area contributed by atoms with Crippen LogP contribution in [0, 0.1) is 12.3 Å². The number of nitrogens with zero attached hydrogens (tertiary/aromatic N) is 4. The van der Waals surface area contributed by atoms with Crippen LogP contribution < -0.4 is 23.8 Å². The molecular weight excluding hydrogens is 558 g/mol. The number of nitrogens with one attached hydrogen (secondary N) is 1. The highest BCUT2D eigenvalue weighted by atomic mass is 32.2. The largest absolute Gasteiger partial charge is 0.496 e. The van der Waals surface area contributed by atoms with Crippen molar-refractivity contribution in [2.75, 3.05) is 57.1 Å². The zero-order valence-electron chi connectivity index (χ0n) is 21.8. The summed E-state index contributed by atoms with van der Waals surface area (Å²) in [6.45, 7) is 2.28. The fraction of sp³-hybridized carbons (Fsp3) is 0.269. The molecule has 14 heteroatoms. The highest BCUT2D eigenvalue weighted by Gasteiger charge is 2.28. The van der Waals surface area contributed by atoms with Crippen LogP contribution >= 0.6 is 11.3 Å². The Hall–Kier alpha value is -4.48. The maximum atomic E-state index is 13.4. The van der Waals surface area contributed by atoms with E-state index in [1.807, 2.05) is 0 Å². The van der Waals surface area contributed by atoms with Gasteiger partial charge in [-0.1, -0.05) is 22.6 Å². The summed E-state index contributed by atoms with van der Waals surface area (Å²) in [5.74, 6) is 2.37. The first kappa shape index (κ1) is 27.1. The maximum absolute atomic E-state index is 13.4. The van der Waals surface area contributed by atoms with E-state index >= 15 is 0 Å². The van der Waals surface area contributed by atoms with E-state index in [9.17, 15) is 13.2 Å². The zero-order valence-corrected chi connectivity index (χ0v) is 23.5. The number of ether oxygens (including phenoxy) is 3. The number of sulfonamides is 1. The number of anilines is 2. The van der Waals surface area contributed by atoms with Crippen LogP contribution in [-0.2, 0) is 14.8 Å². The second-order valence-electron chi connectivity index (χ2n) is 8.61. The van der Waals surface area contributed by atoms with Crippen molar-refractivity contribution in [1.29, 1.82) is 0 Å². The second kappa shape index (κ2) is 10.9. The normalized spacial score (nSPS) is 13.7. The van der Waals surface area contributed by atoms with Gasteiger partial charge in [-0.05, 0) is 30.2 Å². The van der Waals surface area contributed by atoms with E-state index in [2.05, 4.69) is 25.7 Å². The number of terminal acetylenes is 1. The summed E-state index contributed by atoms with van der Waals surface area (Å²) in [6.07, 6.45) is 6.97. The Balaban J connectivity index is 1.43. The lowest BCUT2D eigenvalue weighted by atomic mass is 10.1. The van der Waals surface area contributed by atoms with E-state index < -0.39 is 10.0 Å². The molecule has 0 aliphatic carbocycles. The molecule has 0 atom stereocenters. The summed E-state index contributed by atoms with van der Waals surface area (Å²) in [4.78, 5) is 20.7. The molecule has 40 heavy (non-hydrogen) atoms. The smallest absolute Gasteiger partial charge is 0.298 e. The summed E-state index contributed by atoms with van der Waals surface area (Å²) in [5, 5.41) is 5.13. The van der Waals surface area contributed by atoms with Crippen molar-refractivity contribution in [2.24, 2.45) is 0 Å². The third-order valence-electron chi connectivity index (χ3n) is 6.38. The molecule has 3 heterocycles. The molecule has 5 rings (SSSR count). The van der Waals surface area contributed by atoms with Crippen molar-refractivity contribution >= 4 is 49.2 Å². The Labute approximate surface area is 234 Å². The van der Waals surface area contributed by atoms with Crippen LogP contribution in [0.15, 0.2) is 45.9 Å². The van der Waals surface area contributed by atoms with Crippen LogP contribution in [0.3, 0.4) is 0 Å². The maximum Gasteiger partial charge on any atom is 0.298 e. The highest BCUT2D eigenvalue weighted by Crippen LogP contribution is 2.41. The van der Waals surface area contributed by atoms with E-state index in [1.54, 1.807) is 29.3 Å². The van der Waals surface area contributed by atoms with E-state index in [-0.39, 0.29) is 28.1 Å². The second-order valence-corrected chi connectivity index (χ2v) is 11.2. The molecule has 0 spiro atoms. The number of rotatable bonds is 8. The van der Waals surface area contributed by atoms with Crippen LogP contribution in [-0.4, -0.2) is 76.9 Å². The number of fused-ring (bicyclic) bond motifs is 1. The lowest BCUT2D eigenvalue weighted by Crippen LogP contribution is -2.48. The van der Waals surface area contributed by atoms with Crippen LogP contribution in [0.1, 0.15) is 0 Å². The Kier molecular flexibility index (Phi) is 7.42. The number of aromatic nitrogens is 2. The first-order valence-electron chi connectivity index (χ1n) is 12.0. The number of carbonyl (C=O) groups excluding carboxylic acids is 1. The van der Waals surface area contributed by atoms with Gasteiger partial charge >= 0.3 is 0 Å². The van der Waals surface area contributed by atoms with Crippen LogP contribution in [0.2, 0.25) is 0 Å². The van der Waals surface area contributed by atoms with Gasteiger partial charge in [-0.25, -0.2) is 13.4 Å². The molecule has 1 N–H and O–H groups in total. The highest BCUT2D eigenvalue weighted by molar-refractivity contribution is 7.93. The first-order chi connectivity index (χ1) is 19.3. The van der Waals surface area contributed by atoms with Gasteiger partial charge in [0.05, 0.1) is 26.2 Å². The lowest BCUT2D eigenvalue weighted by molar-refractivity contribution is -0.125. The molecule has 2 aromatic carbocycles. The van der Waals surface area contributed by atoms with E-state index in [0.29, 0.717) is 42.9 Å². The molecule has 1 amide bonds. The Morgan fingerprint density at radius 2 is 1.75 bits per heavy atom. The van der Waals surface area contributed by atoms with Gasteiger partial charge in [-0.2, -0.15) is 0 Å². The van der Waals surface area contributed by atoms with Crippen LogP contribution in [0.4, 0.5) is 10.9 Å². The van der Waals surface area contributed by atoms with Gasteiger partial charge in [0.15, 0.2) is 21.4 Å². The quantitative estimate of drug-likeness (QED) is 0.308. The molecule has 1 aliphatic rings. The average Bonchev–Trinajstić information content (AvgIpc) is 3.63. The summed E-state index contributed by atoms with van der Waals surface area (Å²) < 4.78 is 50.9. The van der Waals surface area contributed by atoms with Crippen molar-refractivity contribution in [3.63, 3.8) is 0 Å². The van der Waals surface area contributed by atoms with E-state index in [1.165, 1.54) is 44.8 Å². The number of piperazine rings is 1. The number of thiazole rings is 1. The predicted octanol–water partition coefficient (Wildman–Crippen LogP) is 3.06. The van der Waals surface area contributed by atoms with E-state index in [4.69, 9.17) is 25.2 Å². The SMILES string of the molecule is C#CC(=O)N1CCN(c2ncc(-c3cc(OC)c4c(NS(=O)(=O)c5c(OC)cccc5OC)noc4c3)s2)CC1. The summed E-state index contributed by atoms with van der Waals surface area (Å²) in [7, 11) is 0.0197. The number of carbonyl (C=O) groups is 1. The standard InChI is InChI=1S/C26H25N5O7S2/c1-5-22(32)30-9-11-31(12-10-30)26-27-15-21(39-26)16-13-19(37-4)23-20(14-16)38-28-25(23)29-40(33,34)24-17(35-2)7-6-8-18(24)36-3/h1,6-8,13-15H,9-12H2,2-4H3,(H,28,29). The van der Waals surface area contributed by atoms with Gasteiger partial charge in [-0.3, -0.25) is 9.52 Å². The minimum absolute atomic E-state index is 0.0456. The summed E-state index contributed by atoms with van der Waals surface area (Å²) in [5.41, 5.74) is 1.07. The topological polar surface area (TPSA) is 136 Å². The van der Waals surface area contributed by atoms with Gasteiger partial charge in [-0.15, -0.1) is 6.42 Å². The van der Waals surface area contributed by atoms with Crippen LogP contribution in [0.5, 0.6) is 17.2 Å². The van der Waals surface area contributed by atoms with Crippen molar-refractivity contribution in [3.8, 4) is 40.0 Å². The molecule has 0 radical (unpaired) electrons. The number of amides is 1. The zero-order chi connectivity index (χ0) is 28.4. The molecule has 2 aromatic heterocycles. The third kappa shape index (κ3) is 4.96. The molecule has 1 saturated heterocycles. The monoisotopic (exact) mass is 583 g/mol. The van der Waals surface area contributed by atoms with Crippen molar-refractivity contribution < 1.29 is 31.9 Å². The molecule has 0 saturated carbocycles. The van der Waals surface area contributed by atoms with Crippen molar-refractivity contribution in [1.82, 2.24) is 15.0 Å². The lowest BCUT2D eigenvalue weighted by Gasteiger charge is -2.33. The molecule has 12 nitrogen and oxygen atoms in total. The Bertz CT molecular complexity index is 1690. The van der Waals surface area contributed by atoms with Gasteiger partial charge in [0.1, 0.15) is 22.6 Å². The van der Waals surface area contributed by atoms with Gasteiger partial charge < -0.3 is 28.5 Å². The molecule has 1 fully saturated rings. The van der Waals surface area contributed by atoms with Crippen molar-refractivity contribution in [3.05, 3.63) is 36.5 Å². The first-order valence-corrected chi connectivity index (χ1v) is 14.3. The Morgan fingerprint density at radius 1 is 1.07 bits per heavy atom. The number of methoxy groups -OCH3 is 3. The molecule has 208 valence electrons. The molecule has 4 aromatic rings. The molecular formula is C26H25N5O7S2. The van der Waals surface area contributed by atoms with E-state index in [0.717, 1.165) is 15.6 Å². The van der Waals surface area contributed by atoms with Gasteiger partial charge in [0.2, 0.25) is 0 Å². The van der Waals surface area contributed by atoms with Crippen molar-refractivity contribution in [2.45, 2.75) is 4.90 Å². The minimum Gasteiger partial charge on any atom is -0.496 e. The average molecular weight is 584 g/mol. The fourth-order valence-corrected chi connectivity index (χ4v) is 6.69. The number of hydrogen-bond donors (Lipinski definition) is 1. The molecule has 1 aliphatic heterocycles. The minimum atomic E-state index is -4.19. The van der Waals surface area contributed by atoms with Gasteiger partial charge in [0, 0.05) is 37.9 Å². The molecule has 0 bridgehead atoms. The predicted molar refractivity (Wildman–Crippen MR) is 150 cm³/mol. The van der Waals surface area contributed by atoms with Crippen LogP contribution in [0.25, 0.3) is 21.4 Å². The molecule has 0 unspecified atom stereocenters. The summed E-state index contributed by atoms with van der Waals surface area (Å²) in [6, 6.07) is 8.17. The summed E-state index contributed by atoms with van der Waals surface area (Å²) >= 11 is 1.47. The third-order valence-corrected chi connectivity index (χ3v) is 8.89. The Morgan fingerprint density at radius 3 is 2.38 bits per heavy atom. The van der Waals surface area contributed by atoms with Gasteiger partial charge in [0.25, 0.3) is 15.9 Å². The number of benzene rings is 2. The number of hydrogen-bond acceptors (Lipinski definition) is 11. The fourth-order valence-electron chi connectivity index (χ4n) is 4.41.